The van der Waals surface area contributed by atoms with Crippen LogP contribution in [0.4, 0.5) is 11.4 Å². The monoisotopic (exact) mass is 380 g/mol. The standard InChI is InChI=1S/C19H16N4O5/c1-10-2-4-11(5-3-10)20-18(25)19(26)23-22-16-12-8-14-15(28-7-6-27-14)9-13(12)21-17(16)24/h2-5,8-9,21,24H,6-7H2,1H3,(H,20,25). The third kappa shape index (κ3) is 3.37. The average molecular weight is 380 g/mol. The van der Waals surface area contributed by atoms with Crippen LogP contribution in [-0.4, -0.2) is 35.1 Å². The van der Waals surface area contributed by atoms with Crippen molar-refractivity contribution in [2.45, 2.75) is 6.92 Å². The Balaban J connectivity index is 1.55. The average Bonchev–Trinajstić information content (AvgIpc) is 3.00. The molecule has 3 aromatic rings. The summed E-state index contributed by atoms with van der Waals surface area (Å²) in [5, 5.41) is 20.2. The van der Waals surface area contributed by atoms with E-state index in [9.17, 15) is 14.7 Å². The quantitative estimate of drug-likeness (QED) is 0.465. The van der Waals surface area contributed by atoms with E-state index >= 15 is 0 Å². The van der Waals surface area contributed by atoms with E-state index in [1.807, 2.05) is 6.92 Å². The number of amides is 2. The molecule has 1 aromatic heterocycles. The van der Waals surface area contributed by atoms with Gasteiger partial charge in [-0.1, -0.05) is 17.7 Å². The molecule has 3 N–H and O–H groups in total. The summed E-state index contributed by atoms with van der Waals surface area (Å²) in [4.78, 5) is 26.7. The number of aromatic hydroxyl groups is 1. The number of nitrogens with one attached hydrogen (secondary N) is 2. The third-order valence-corrected chi connectivity index (χ3v) is 4.16. The van der Waals surface area contributed by atoms with Crippen LogP contribution in [0.3, 0.4) is 0 Å². The fraction of sp³-hybridized carbons (Fsp3) is 0.158. The Bertz CT molecular complexity index is 1100. The lowest BCUT2D eigenvalue weighted by Crippen LogP contribution is -2.20. The first kappa shape index (κ1) is 17.5. The number of aromatic nitrogens is 1. The maximum Gasteiger partial charge on any atom is 0.353 e. The van der Waals surface area contributed by atoms with Gasteiger partial charge in [0.1, 0.15) is 13.2 Å². The predicted octanol–water partition coefficient (Wildman–Crippen LogP) is 3.20. The zero-order chi connectivity index (χ0) is 19.7. The maximum atomic E-state index is 12.0. The van der Waals surface area contributed by atoms with E-state index in [4.69, 9.17) is 9.47 Å². The number of nitrogens with zero attached hydrogens (tertiary/aromatic N) is 2. The second-order valence-electron chi connectivity index (χ2n) is 6.19. The van der Waals surface area contributed by atoms with Gasteiger partial charge in [0.05, 0.1) is 5.52 Å². The maximum absolute atomic E-state index is 12.0. The van der Waals surface area contributed by atoms with Gasteiger partial charge in [0, 0.05) is 17.1 Å². The molecular weight excluding hydrogens is 364 g/mol. The van der Waals surface area contributed by atoms with E-state index < -0.39 is 11.8 Å². The molecule has 0 saturated carbocycles. The number of rotatable bonds is 2. The predicted molar refractivity (Wildman–Crippen MR) is 100 cm³/mol. The summed E-state index contributed by atoms with van der Waals surface area (Å²) in [5.41, 5.74) is 2.06. The first-order valence-corrected chi connectivity index (χ1v) is 8.49. The summed E-state index contributed by atoms with van der Waals surface area (Å²) < 4.78 is 11.0. The molecule has 0 aliphatic carbocycles. The minimum Gasteiger partial charge on any atom is -0.493 e. The Morgan fingerprint density at radius 3 is 2.50 bits per heavy atom. The molecule has 0 saturated heterocycles. The van der Waals surface area contributed by atoms with Crippen LogP contribution >= 0.6 is 0 Å². The van der Waals surface area contributed by atoms with Crippen molar-refractivity contribution in [2.24, 2.45) is 10.2 Å². The van der Waals surface area contributed by atoms with Gasteiger partial charge in [-0.3, -0.25) is 9.59 Å². The molecule has 2 heterocycles. The van der Waals surface area contributed by atoms with Gasteiger partial charge in [0.25, 0.3) is 0 Å². The van der Waals surface area contributed by atoms with Crippen molar-refractivity contribution < 1.29 is 24.2 Å². The molecule has 0 atom stereocenters. The van der Waals surface area contributed by atoms with Gasteiger partial charge in [0.15, 0.2) is 17.2 Å². The van der Waals surface area contributed by atoms with Crippen LogP contribution in [0.25, 0.3) is 10.9 Å². The third-order valence-electron chi connectivity index (χ3n) is 4.16. The summed E-state index contributed by atoms with van der Waals surface area (Å²) in [6.45, 7) is 2.75. The van der Waals surface area contributed by atoms with Crippen LogP contribution in [0.15, 0.2) is 46.6 Å². The van der Waals surface area contributed by atoms with Gasteiger partial charge < -0.3 is 24.9 Å². The van der Waals surface area contributed by atoms with Crippen molar-refractivity contribution in [3.8, 4) is 17.4 Å². The Kier molecular flexibility index (Phi) is 4.40. The molecular formula is C19H16N4O5. The second kappa shape index (κ2) is 7.03. The van der Waals surface area contributed by atoms with E-state index in [1.54, 1.807) is 36.4 Å². The number of hydrogen-bond acceptors (Lipinski definition) is 6. The lowest BCUT2D eigenvalue weighted by molar-refractivity contribution is -0.134. The number of hydrogen-bond donors (Lipinski definition) is 3. The summed E-state index contributed by atoms with van der Waals surface area (Å²) in [7, 11) is 0. The lowest BCUT2D eigenvalue weighted by Gasteiger charge is -2.17. The summed E-state index contributed by atoms with van der Waals surface area (Å²) in [6, 6.07) is 10.2. The number of fused-ring (bicyclic) bond motifs is 2. The molecule has 1 aliphatic rings. The summed E-state index contributed by atoms with van der Waals surface area (Å²) in [6.07, 6.45) is 0. The first-order valence-electron chi connectivity index (χ1n) is 8.49. The highest BCUT2D eigenvalue weighted by atomic mass is 16.6. The number of ether oxygens (including phenoxy) is 2. The Morgan fingerprint density at radius 1 is 1.11 bits per heavy atom. The Labute approximate surface area is 159 Å². The Morgan fingerprint density at radius 2 is 1.79 bits per heavy atom. The van der Waals surface area contributed by atoms with Crippen LogP contribution in [0.1, 0.15) is 5.56 Å². The fourth-order valence-corrected chi connectivity index (χ4v) is 2.77. The summed E-state index contributed by atoms with van der Waals surface area (Å²) >= 11 is 0. The number of carbonyl (C=O) groups excluding carboxylic acids is 2. The van der Waals surface area contributed by atoms with Crippen LogP contribution in [0.2, 0.25) is 0 Å². The van der Waals surface area contributed by atoms with Crippen LogP contribution in [0.5, 0.6) is 17.4 Å². The van der Waals surface area contributed by atoms with Gasteiger partial charge in [-0.2, -0.15) is 0 Å². The minimum atomic E-state index is -1.09. The highest BCUT2D eigenvalue weighted by Crippen LogP contribution is 2.42. The molecule has 9 nitrogen and oxygen atoms in total. The number of aromatic amines is 1. The van der Waals surface area contributed by atoms with Gasteiger partial charge in [-0.15, -0.1) is 10.2 Å². The van der Waals surface area contributed by atoms with E-state index in [2.05, 4.69) is 20.5 Å². The summed E-state index contributed by atoms with van der Waals surface area (Å²) in [5.74, 6) is -1.27. The van der Waals surface area contributed by atoms with Gasteiger partial charge in [0.2, 0.25) is 5.88 Å². The van der Waals surface area contributed by atoms with Crippen molar-refractivity contribution in [1.82, 2.24) is 4.98 Å². The smallest absolute Gasteiger partial charge is 0.353 e. The molecule has 9 heteroatoms. The van der Waals surface area contributed by atoms with Crippen molar-refractivity contribution in [3.05, 3.63) is 42.0 Å². The van der Waals surface area contributed by atoms with Gasteiger partial charge in [-0.05, 0) is 25.1 Å². The molecule has 2 aromatic carbocycles. The molecule has 28 heavy (non-hydrogen) atoms. The van der Waals surface area contributed by atoms with E-state index in [0.717, 1.165) is 5.56 Å². The lowest BCUT2D eigenvalue weighted by atomic mass is 10.2. The zero-order valence-corrected chi connectivity index (χ0v) is 14.9. The molecule has 0 fully saturated rings. The number of azo groups is 1. The van der Waals surface area contributed by atoms with Gasteiger partial charge >= 0.3 is 11.8 Å². The topological polar surface area (TPSA) is 125 Å². The molecule has 2 amide bonds. The molecule has 0 spiro atoms. The van der Waals surface area contributed by atoms with E-state index in [-0.39, 0.29) is 11.6 Å². The minimum absolute atomic E-state index is 0.0310. The van der Waals surface area contributed by atoms with Crippen LogP contribution < -0.4 is 14.8 Å². The SMILES string of the molecule is Cc1ccc(NC(=O)C(=O)N=Nc2c(O)[nH]c3cc4c(cc23)OCCO4)cc1. The van der Waals surface area contributed by atoms with E-state index in [1.165, 1.54) is 0 Å². The van der Waals surface area contributed by atoms with Crippen molar-refractivity contribution in [3.63, 3.8) is 0 Å². The van der Waals surface area contributed by atoms with Gasteiger partial charge in [-0.25, -0.2) is 0 Å². The molecule has 0 unspecified atom stereocenters. The molecule has 0 bridgehead atoms. The molecule has 0 radical (unpaired) electrons. The van der Waals surface area contributed by atoms with Crippen LogP contribution in [-0.2, 0) is 9.59 Å². The number of carbonyl (C=O) groups is 2. The second-order valence-corrected chi connectivity index (χ2v) is 6.19. The zero-order valence-electron chi connectivity index (χ0n) is 14.9. The van der Waals surface area contributed by atoms with Crippen molar-refractivity contribution in [2.75, 3.05) is 18.5 Å². The first-order chi connectivity index (χ1) is 13.5. The van der Waals surface area contributed by atoms with E-state index in [0.29, 0.717) is 41.3 Å². The van der Waals surface area contributed by atoms with Crippen molar-refractivity contribution in [1.29, 1.82) is 0 Å². The number of anilines is 1. The molecule has 1 aliphatic heterocycles. The van der Waals surface area contributed by atoms with Crippen LogP contribution in [0, 0.1) is 6.92 Å². The fourth-order valence-electron chi connectivity index (χ4n) is 2.77. The largest absolute Gasteiger partial charge is 0.493 e. The number of H-pyrrole nitrogens is 1. The van der Waals surface area contributed by atoms with Crippen molar-refractivity contribution >= 4 is 34.1 Å². The highest BCUT2D eigenvalue weighted by Gasteiger charge is 2.19. The number of benzene rings is 2. The number of aryl methyl sites for hydroxylation is 1. The Hall–Kier alpha value is -3.88. The highest BCUT2D eigenvalue weighted by molar-refractivity contribution is 6.40. The normalized spacial score (nSPS) is 13.0. The molecule has 4 rings (SSSR count). The molecule has 142 valence electrons.